The molecule has 2 fully saturated rings. The van der Waals surface area contributed by atoms with Gasteiger partial charge in [0.1, 0.15) is 0 Å². The third-order valence-electron chi connectivity index (χ3n) is 2.80. The van der Waals surface area contributed by atoms with E-state index in [1.54, 1.807) is 0 Å². The minimum Gasteiger partial charge on any atom is -0.392 e. The summed E-state index contributed by atoms with van der Waals surface area (Å²) >= 11 is 0. The maximum absolute atomic E-state index is 9.39. The molecule has 2 atom stereocenters. The van der Waals surface area contributed by atoms with Crippen LogP contribution in [-0.4, -0.2) is 60.3 Å². The predicted octanol–water partition coefficient (Wildman–Crippen LogP) is -0.633. The average molecular weight is 156 g/mol. The van der Waals surface area contributed by atoms with Crippen molar-refractivity contribution in [1.29, 1.82) is 0 Å². The molecule has 64 valence electrons. The molecule has 0 amide bonds. The summed E-state index contributed by atoms with van der Waals surface area (Å²) < 4.78 is 0. The molecule has 2 heterocycles. The third-order valence-corrected chi connectivity index (χ3v) is 2.80. The standard InChI is InChI=1S/C8H16N2O/c1-9-2-3-10-6-8(11)4-7(10)5-9/h7-8,11H,2-6H2,1H3. The molecule has 2 rings (SSSR count). The number of fused-ring (bicyclic) bond motifs is 1. The van der Waals surface area contributed by atoms with Gasteiger partial charge in [-0.05, 0) is 13.5 Å². The van der Waals surface area contributed by atoms with Crippen LogP contribution in [0.3, 0.4) is 0 Å². The van der Waals surface area contributed by atoms with Crippen LogP contribution in [0.2, 0.25) is 0 Å². The van der Waals surface area contributed by atoms with E-state index in [2.05, 4.69) is 16.8 Å². The zero-order valence-corrected chi connectivity index (χ0v) is 7.03. The highest BCUT2D eigenvalue weighted by Gasteiger charge is 2.33. The number of likely N-dealkylation sites (N-methyl/N-ethyl adjacent to an activating group) is 1. The van der Waals surface area contributed by atoms with Crippen LogP contribution in [0.5, 0.6) is 0 Å². The Hall–Kier alpha value is -0.120. The molecular formula is C8H16N2O. The van der Waals surface area contributed by atoms with E-state index >= 15 is 0 Å². The van der Waals surface area contributed by atoms with Gasteiger partial charge in [0.25, 0.3) is 0 Å². The van der Waals surface area contributed by atoms with Crippen molar-refractivity contribution >= 4 is 0 Å². The SMILES string of the molecule is CN1CCN2CC(O)CC2C1. The first-order chi connectivity index (χ1) is 5.25. The van der Waals surface area contributed by atoms with Crippen molar-refractivity contribution in [3.63, 3.8) is 0 Å². The Morgan fingerprint density at radius 2 is 2.09 bits per heavy atom. The van der Waals surface area contributed by atoms with Gasteiger partial charge in [0.2, 0.25) is 0 Å². The van der Waals surface area contributed by atoms with Crippen molar-refractivity contribution in [2.75, 3.05) is 33.2 Å². The van der Waals surface area contributed by atoms with Gasteiger partial charge in [0, 0.05) is 32.2 Å². The van der Waals surface area contributed by atoms with Gasteiger partial charge in [-0.2, -0.15) is 0 Å². The van der Waals surface area contributed by atoms with E-state index < -0.39 is 0 Å². The first kappa shape index (κ1) is 7.53. The van der Waals surface area contributed by atoms with Gasteiger partial charge in [0.05, 0.1) is 6.10 Å². The topological polar surface area (TPSA) is 26.7 Å². The molecule has 3 heteroatoms. The molecule has 0 bridgehead atoms. The predicted molar refractivity (Wildman–Crippen MR) is 43.5 cm³/mol. The Bertz CT molecular complexity index is 151. The van der Waals surface area contributed by atoms with E-state index in [9.17, 15) is 5.11 Å². The molecule has 0 aromatic rings. The lowest BCUT2D eigenvalue weighted by Gasteiger charge is -2.34. The lowest BCUT2D eigenvalue weighted by Crippen LogP contribution is -2.48. The second-order valence-corrected chi connectivity index (χ2v) is 3.80. The summed E-state index contributed by atoms with van der Waals surface area (Å²) in [6.45, 7) is 4.33. The monoisotopic (exact) mass is 156 g/mol. The number of aliphatic hydroxyl groups excluding tert-OH is 1. The molecule has 2 saturated heterocycles. The lowest BCUT2D eigenvalue weighted by molar-refractivity contribution is 0.120. The fourth-order valence-corrected chi connectivity index (χ4v) is 2.17. The molecule has 0 aromatic carbocycles. The average Bonchev–Trinajstić information content (AvgIpc) is 2.27. The molecule has 0 saturated carbocycles. The zero-order valence-electron chi connectivity index (χ0n) is 7.03. The largest absolute Gasteiger partial charge is 0.392 e. The molecule has 0 aliphatic carbocycles. The van der Waals surface area contributed by atoms with Gasteiger partial charge in [-0.1, -0.05) is 0 Å². The normalized spacial score (nSPS) is 40.9. The number of nitrogens with zero attached hydrogens (tertiary/aromatic N) is 2. The highest BCUT2D eigenvalue weighted by atomic mass is 16.3. The van der Waals surface area contributed by atoms with Crippen molar-refractivity contribution in [3.8, 4) is 0 Å². The number of hydrogen-bond acceptors (Lipinski definition) is 3. The van der Waals surface area contributed by atoms with Crippen LogP contribution in [0, 0.1) is 0 Å². The third kappa shape index (κ3) is 1.41. The van der Waals surface area contributed by atoms with E-state index in [4.69, 9.17) is 0 Å². The summed E-state index contributed by atoms with van der Waals surface area (Å²) in [7, 11) is 2.15. The number of rotatable bonds is 0. The van der Waals surface area contributed by atoms with Crippen molar-refractivity contribution in [2.24, 2.45) is 0 Å². The first-order valence-corrected chi connectivity index (χ1v) is 4.36. The van der Waals surface area contributed by atoms with Crippen molar-refractivity contribution in [3.05, 3.63) is 0 Å². The molecule has 1 N–H and O–H groups in total. The fraction of sp³-hybridized carbons (Fsp3) is 1.00. The molecule has 11 heavy (non-hydrogen) atoms. The van der Waals surface area contributed by atoms with E-state index in [0.29, 0.717) is 6.04 Å². The highest BCUT2D eigenvalue weighted by Crippen LogP contribution is 2.20. The molecule has 2 aliphatic rings. The van der Waals surface area contributed by atoms with Crippen molar-refractivity contribution < 1.29 is 5.11 Å². The molecule has 3 nitrogen and oxygen atoms in total. The van der Waals surface area contributed by atoms with Gasteiger partial charge in [-0.25, -0.2) is 0 Å². The van der Waals surface area contributed by atoms with E-state index in [0.717, 1.165) is 32.6 Å². The second-order valence-electron chi connectivity index (χ2n) is 3.80. The van der Waals surface area contributed by atoms with Gasteiger partial charge in [-0.3, -0.25) is 4.90 Å². The number of piperazine rings is 1. The minimum atomic E-state index is -0.0634. The maximum atomic E-state index is 9.39. The van der Waals surface area contributed by atoms with Crippen LogP contribution in [0.15, 0.2) is 0 Å². The Morgan fingerprint density at radius 1 is 1.27 bits per heavy atom. The molecule has 0 spiro atoms. The number of aliphatic hydroxyl groups is 1. The molecule has 2 aliphatic heterocycles. The van der Waals surface area contributed by atoms with Crippen LogP contribution >= 0.6 is 0 Å². The van der Waals surface area contributed by atoms with Gasteiger partial charge in [-0.15, -0.1) is 0 Å². The molecular weight excluding hydrogens is 140 g/mol. The van der Waals surface area contributed by atoms with Gasteiger partial charge in [0.15, 0.2) is 0 Å². The van der Waals surface area contributed by atoms with Crippen molar-refractivity contribution in [2.45, 2.75) is 18.6 Å². The summed E-state index contributed by atoms with van der Waals surface area (Å²) in [6.07, 6.45) is 0.913. The Morgan fingerprint density at radius 3 is 2.91 bits per heavy atom. The Balaban J connectivity index is 1.97. The van der Waals surface area contributed by atoms with Crippen LogP contribution in [0.1, 0.15) is 6.42 Å². The first-order valence-electron chi connectivity index (χ1n) is 4.36. The molecule has 2 unspecified atom stereocenters. The van der Waals surface area contributed by atoms with Gasteiger partial charge < -0.3 is 10.0 Å². The smallest absolute Gasteiger partial charge is 0.0682 e. The quantitative estimate of drug-likeness (QED) is 0.506. The maximum Gasteiger partial charge on any atom is 0.0682 e. The Kier molecular flexibility index (Phi) is 1.87. The summed E-state index contributed by atoms with van der Waals surface area (Å²) in [5, 5.41) is 9.39. The second kappa shape index (κ2) is 2.73. The number of hydrogen-bond donors (Lipinski definition) is 1. The summed E-state index contributed by atoms with van der Waals surface area (Å²) in [5.41, 5.74) is 0. The Labute approximate surface area is 67.6 Å². The summed E-state index contributed by atoms with van der Waals surface area (Å²) in [4.78, 5) is 4.75. The van der Waals surface area contributed by atoms with Crippen molar-refractivity contribution in [1.82, 2.24) is 9.80 Å². The van der Waals surface area contributed by atoms with Gasteiger partial charge >= 0.3 is 0 Å². The van der Waals surface area contributed by atoms with Crippen LogP contribution in [0.25, 0.3) is 0 Å². The van der Waals surface area contributed by atoms with E-state index in [-0.39, 0.29) is 6.10 Å². The van der Waals surface area contributed by atoms with E-state index in [1.807, 2.05) is 0 Å². The minimum absolute atomic E-state index is 0.0634. The van der Waals surface area contributed by atoms with E-state index in [1.165, 1.54) is 0 Å². The van der Waals surface area contributed by atoms with Crippen LogP contribution in [-0.2, 0) is 0 Å². The fourth-order valence-electron chi connectivity index (χ4n) is 2.17. The highest BCUT2D eigenvalue weighted by molar-refractivity contribution is 4.89. The molecule has 0 aromatic heterocycles. The van der Waals surface area contributed by atoms with Crippen LogP contribution in [0.4, 0.5) is 0 Å². The molecule has 0 radical (unpaired) electrons. The lowest BCUT2D eigenvalue weighted by atomic mass is 10.1. The summed E-state index contributed by atoms with van der Waals surface area (Å²) in [5.74, 6) is 0. The zero-order chi connectivity index (χ0) is 7.84. The van der Waals surface area contributed by atoms with Crippen LogP contribution < -0.4 is 0 Å². The summed E-state index contributed by atoms with van der Waals surface area (Å²) in [6, 6.07) is 0.628.